The molecule has 0 fully saturated rings. The quantitative estimate of drug-likeness (QED) is 0.694. The molecule has 150 valence electrons. The molecule has 0 atom stereocenters. The largest absolute Gasteiger partial charge is 0.454 e. The molecule has 1 N–H and O–H groups in total. The van der Waals surface area contributed by atoms with Gasteiger partial charge in [-0.15, -0.1) is 0 Å². The Morgan fingerprint density at radius 1 is 1.14 bits per heavy atom. The Labute approximate surface area is 168 Å². The number of carbonyl (C=O) groups excluding carboxylic acids is 2. The van der Waals surface area contributed by atoms with Crippen LogP contribution in [0.3, 0.4) is 0 Å². The number of hydrogen-bond acceptors (Lipinski definition) is 5. The molecule has 4 rings (SSSR count). The molecule has 0 bridgehead atoms. The minimum Gasteiger partial charge on any atom is -0.454 e. The number of nitrogens with zero attached hydrogens (tertiary/aromatic N) is 3. The van der Waals surface area contributed by atoms with Crippen molar-refractivity contribution >= 4 is 17.3 Å². The molecule has 8 nitrogen and oxygen atoms in total. The Bertz CT molecular complexity index is 1070. The van der Waals surface area contributed by atoms with Crippen LogP contribution < -0.4 is 14.8 Å². The molecule has 8 heteroatoms. The van der Waals surface area contributed by atoms with E-state index in [1.165, 1.54) is 0 Å². The van der Waals surface area contributed by atoms with Crippen LogP contribution in [-0.2, 0) is 6.54 Å². The van der Waals surface area contributed by atoms with Crippen LogP contribution in [-0.4, -0.2) is 46.0 Å². The zero-order valence-corrected chi connectivity index (χ0v) is 16.3. The third-order valence-corrected chi connectivity index (χ3v) is 4.90. The van der Waals surface area contributed by atoms with E-state index in [1.54, 1.807) is 21.6 Å². The highest BCUT2D eigenvalue weighted by Crippen LogP contribution is 2.32. The molecule has 1 aliphatic heterocycles. The van der Waals surface area contributed by atoms with Crippen LogP contribution in [0.4, 0.5) is 0 Å². The number of nitrogens with one attached hydrogen (secondary N) is 1. The normalized spacial score (nSPS) is 12.2. The number of carbonyl (C=O) groups is 2. The molecule has 1 aliphatic rings. The van der Waals surface area contributed by atoms with Crippen LogP contribution in [0, 0.1) is 0 Å². The molecular weight excluding hydrogens is 372 g/mol. The highest BCUT2D eigenvalue weighted by atomic mass is 16.7. The summed E-state index contributed by atoms with van der Waals surface area (Å²) in [4.78, 5) is 31.7. The topological polar surface area (TPSA) is 85.2 Å². The summed E-state index contributed by atoms with van der Waals surface area (Å²) in [6.45, 7) is 5.48. The van der Waals surface area contributed by atoms with Crippen molar-refractivity contribution in [3.8, 4) is 11.5 Å². The number of imidazole rings is 1. The van der Waals surface area contributed by atoms with Crippen molar-refractivity contribution in [3.05, 3.63) is 59.7 Å². The van der Waals surface area contributed by atoms with Gasteiger partial charge in [0.25, 0.3) is 11.8 Å². The lowest BCUT2D eigenvalue weighted by Gasteiger charge is -2.17. The number of rotatable bonds is 6. The second-order valence-electron chi connectivity index (χ2n) is 6.59. The van der Waals surface area contributed by atoms with Gasteiger partial charge in [-0.1, -0.05) is 12.1 Å². The second kappa shape index (κ2) is 7.83. The molecule has 0 aliphatic carbocycles. The fraction of sp³-hybridized carbons (Fsp3) is 0.286. The molecular formula is C21H22N4O4. The van der Waals surface area contributed by atoms with E-state index in [0.29, 0.717) is 36.6 Å². The van der Waals surface area contributed by atoms with Crippen LogP contribution in [0.25, 0.3) is 5.52 Å². The monoisotopic (exact) mass is 394 g/mol. The Morgan fingerprint density at radius 2 is 1.93 bits per heavy atom. The van der Waals surface area contributed by atoms with Gasteiger partial charge in [0, 0.05) is 25.8 Å². The van der Waals surface area contributed by atoms with E-state index in [9.17, 15) is 9.59 Å². The van der Waals surface area contributed by atoms with E-state index in [1.807, 2.05) is 44.2 Å². The lowest BCUT2D eigenvalue weighted by Crippen LogP contribution is -2.32. The van der Waals surface area contributed by atoms with Crippen molar-refractivity contribution in [1.29, 1.82) is 0 Å². The van der Waals surface area contributed by atoms with E-state index in [-0.39, 0.29) is 30.1 Å². The average molecular weight is 394 g/mol. The zero-order chi connectivity index (χ0) is 20.4. The predicted molar refractivity (Wildman–Crippen MR) is 106 cm³/mol. The molecule has 1 aromatic carbocycles. The maximum Gasteiger partial charge on any atom is 0.290 e. The van der Waals surface area contributed by atoms with Crippen LogP contribution in [0.2, 0.25) is 0 Å². The Morgan fingerprint density at radius 3 is 2.72 bits per heavy atom. The van der Waals surface area contributed by atoms with Crippen molar-refractivity contribution in [2.45, 2.75) is 20.4 Å². The second-order valence-corrected chi connectivity index (χ2v) is 6.59. The number of amides is 2. The zero-order valence-electron chi connectivity index (χ0n) is 16.3. The molecule has 3 heterocycles. The van der Waals surface area contributed by atoms with Gasteiger partial charge in [0.1, 0.15) is 0 Å². The average Bonchev–Trinajstić information content (AvgIpc) is 3.37. The summed E-state index contributed by atoms with van der Waals surface area (Å²) in [5, 5.41) is 2.87. The third kappa shape index (κ3) is 3.49. The number of benzene rings is 1. The first-order chi connectivity index (χ1) is 14.1. The molecule has 2 amide bonds. The van der Waals surface area contributed by atoms with Gasteiger partial charge in [0.15, 0.2) is 17.2 Å². The van der Waals surface area contributed by atoms with Gasteiger partial charge in [-0.25, -0.2) is 4.98 Å². The van der Waals surface area contributed by atoms with E-state index in [0.717, 1.165) is 5.56 Å². The number of aromatic nitrogens is 2. The summed E-state index contributed by atoms with van der Waals surface area (Å²) in [5.41, 5.74) is 1.69. The van der Waals surface area contributed by atoms with Gasteiger partial charge >= 0.3 is 0 Å². The molecule has 2 aromatic heterocycles. The van der Waals surface area contributed by atoms with Crippen molar-refractivity contribution in [1.82, 2.24) is 19.6 Å². The van der Waals surface area contributed by atoms with Crippen molar-refractivity contribution < 1.29 is 19.1 Å². The summed E-state index contributed by atoms with van der Waals surface area (Å²) in [6.07, 6.45) is 1.74. The highest BCUT2D eigenvalue weighted by molar-refractivity contribution is 6.02. The summed E-state index contributed by atoms with van der Waals surface area (Å²) in [7, 11) is 0. The van der Waals surface area contributed by atoms with Crippen molar-refractivity contribution in [2.24, 2.45) is 0 Å². The minimum absolute atomic E-state index is 0.203. The van der Waals surface area contributed by atoms with E-state index < -0.39 is 0 Å². The first-order valence-corrected chi connectivity index (χ1v) is 9.55. The molecule has 29 heavy (non-hydrogen) atoms. The van der Waals surface area contributed by atoms with Crippen LogP contribution in [0.15, 0.2) is 42.6 Å². The van der Waals surface area contributed by atoms with Gasteiger partial charge in [0.2, 0.25) is 12.6 Å². The Hall–Kier alpha value is -3.55. The van der Waals surface area contributed by atoms with E-state index in [2.05, 4.69) is 10.3 Å². The maximum atomic E-state index is 12.8. The van der Waals surface area contributed by atoms with Gasteiger partial charge in [-0.05, 0) is 43.7 Å². The van der Waals surface area contributed by atoms with Crippen molar-refractivity contribution in [2.75, 3.05) is 19.9 Å². The SMILES string of the molecule is CCN(CC)C(=O)c1nc(C(=O)NCc2ccc3c(c2)OCO3)c2ccccn12. The fourth-order valence-corrected chi connectivity index (χ4v) is 3.32. The third-order valence-electron chi connectivity index (χ3n) is 4.90. The van der Waals surface area contributed by atoms with E-state index in [4.69, 9.17) is 9.47 Å². The van der Waals surface area contributed by atoms with Gasteiger partial charge in [0.05, 0.1) is 5.52 Å². The predicted octanol–water partition coefficient (Wildman–Crippen LogP) is 2.48. The van der Waals surface area contributed by atoms with Gasteiger partial charge < -0.3 is 19.7 Å². The van der Waals surface area contributed by atoms with Crippen LogP contribution in [0.1, 0.15) is 40.5 Å². The molecule has 0 radical (unpaired) electrons. The summed E-state index contributed by atoms with van der Waals surface area (Å²) in [5.74, 6) is 1.05. The molecule has 0 saturated heterocycles. The highest BCUT2D eigenvalue weighted by Gasteiger charge is 2.24. The van der Waals surface area contributed by atoms with Crippen molar-refractivity contribution in [3.63, 3.8) is 0 Å². The Kier molecular flexibility index (Phi) is 5.07. The number of fused-ring (bicyclic) bond motifs is 2. The molecule has 0 unspecified atom stereocenters. The first kappa shape index (κ1) is 18.8. The summed E-state index contributed by atoms with van der Waals surface area (Å²) >= 11 is 0. The summed E-state index contributed by atoms with van der Waals surface area (Å²) < 4.78 is 12.3. The number of pyridine rings is 1. The molecule has 0 spiro atoms. The number of hydrogen-bond donors (Lipinski definition) is 1. The lowest BCUT2D eigenvalue weighted by atomic mass is 10.2. The summed E-state index contributed by atoms with van der Waals surface area (Å²) in [6, 6.07) is 10.9. The van der Waals surface area contributed by atoms with Crippen LogP contribution in [0.5, 0.6) is 11.5 Å². The Balaban J connectivity index is 1.58. The smallest absolute Gasteiger partial charge is 0.290 e. The van der Waals surface area contributed by atoms with Gasteiger partial charge in [-0.2, -0.15) is 0 Å². The first-order valence-electron chi connectivity index (χ1n) is 9.55. The lowest BCUT2D eigenvalue weighted by molar-refractivity contribution is 0.0760. The van der Waals surface area contributed by atoms with Crippen LogP contribution >= 0.6 is 0 Å². The fourth-order valence-electron chi connectivity index (χ4n) is 3.32. The maximum absolute atomic E-state index is 12.8. The van der Waals surface area contributed by atoms with E-state index >= 15 is 0 Å². The number of ether oxygens (including phenoxy) is 2. The molecule has 3 aromatic rings. The minimum atomic E-state index is -0.343. The standard InChI is InChI=1S/C21H22N4O4/c1-3-24(4-2)21(27)19-23-18(15-7-5-6-10-25(15)19)20(26)22-12-14-8-9-16-17(11-14)29-13-28-16/h5-11H,3-4,12-13H2,1-2H3,(H,22,26). The molecule has 0 saturated carbocycles. The van der Waals surface area contributed by atoms with Gasteiger partial charge in [-0.3, -0.25) is 14.0 Å².